The van der Waals surface area contributed by atoms with Gasteiger partial charge in [-0.15, -0.1) is 0 Å². The molecule has 0 aromatic heterocycles. The van der Waals surface area contributed by atoms with Crippen molar-refractivity contribution >= 4 is 6.08 Å². The van der Waals surface area contributed by atoms with Crippen LogP contribution < -0.4 is 0 Å². The summed E-state index contributed by atoms with van der Waals surface area (Å²) in [5.74, 6) is 7.19. The fourth-order valence-corrected chi connectivity index (χ4v) is 7.72. The van der Waals surface area contributed by atoms with Crippen LogP contribution in [0.3, 0.4) is 0 Å². The Morgan fingerprint density at radius 2 is 1.77 bits per heavy atom. The van der Waals surface area contributed by atoms with Crippen molar-refractivity contribution in [3.8, 4) is 0 Å². The molecule has 7 atom stereocenters. The third-order valence-corrected chi connectivity index (χ3v) is 9.00. The van der Waals surface area contributed by atoms with Crippen molar-refractivity contribution in [1.82, 2.24) is 0 Å². The van der Waals surface area contributed by atoms with Crippen molar-refractivity contribution in [2.24, 2.45) is 41.4 Å². The Bertz CT molecular complexity index is 683. The topological polar surface area (TPSA) is 0 Å². The molecule has 0 heteroatoms. The van der Waals surface area contributed by atoms with Crippen LogP contribution in [0.15, 0.2) is 29.8 Å². The highest BCUT2D eigenvalue weighted by Crippen LogP contribution is 2.58. The van der Waals surface area contributed by atoms with Crippen LogP contribution in [0.5, 0.6) is 0 Å². The van der Waals surface area contributed by atoms with Crippen LogP contribution in [0.25, 0.3) is 6.08 Å². The summed E-state index contributed by atoms with van der Waals surface area (Å²) in [6.45, 7) is 5.21. The Morgan fingerprint density at radius 1 is 0.923 bits per heavy atom. The lowest BCUT2D eigenvalue weighted by molar-refractivity contribution is 0.0205. The molecule has 140 valence electrons. The maximum atomic E-state index is 2.63. The molecule has 0 nitrogen and oxygen atoms in total. The van der Waals surface area contributed by atoms with Gasteiger partial charge in [-0.05, 0) is 91.1 Å². The Hall–Kier alpha value is -1.04. The fourth-order valence-electron chi connectivity index (χ4n) is 7.72. The molecular weight excluding hydrogens is 312 g/mol. The predicted octanol–water partition coefficient (Wildman–Crippen LogP) is 7.14. The molecule has 0 aliphatic heterocycles. The summed E-state index contributed by atoms with van der Waals surface area (Å²) in [6, 6.07) is 9.00. The molecule has 0 spiro atoms. The SMILES string of the molecule is CC1CC2C(C)C3CCCCC3CC2C1CCC1=Cc2ccccc2C1. The van der Waals surface area contributed by atoms with Gasteiger partial charge in [-0.1, -0.05) is 69.0 Å². The van der Waals surface area contributed by atoms with E-state index in [9.17, 15) is 0 Å². The normalized spacial score (nSPS) is 41.3. The molecule has 3 fully saturated rings. The predicted molar refractivity (Wildman–Crippen MR) is 111 cm³/mol. The maximum Gasteiger partial charge on any atom is -0.00578 e. The van der Waals surface area contributed by atoms with Gasteiger partial charge in [-0.2, -0.15) is 0 Å². The highest BCUT2D eigenvalue weighted by molar-refractivity contribution is 5.63. The van der Waals surface area contributed by atoms with Gasteiger partial charge in [0, 0.05) is 0 Å². The minimum atomic E-state index is 0.956. The Morgan fingerprint density at radius 3 is 2.65 bits per heavy atom. The molecule has 5 rings (SSSR count). The minimum absolute atomic E-state index is 0.956. The zero-order valence-electron chi connectivity index (χ0n) is 16.8. The van der Waals surface area contributed by atoms with Crippen LogP contribution in [0.2, 0.25) is 0 Å². The standard InChI is InChI=1S/C26H36/c1-17-13-25-18(2)24-10-6-5-9-22(24)16-26(25)23(17)12-11-19-14-20-7-3-4-8-21(20)15-19/h3-4,7-8,14,17-18,22-26H,5-6,9-13,15-16H2,1-2H3. The average molecular weight is 349 g/mol. The summed E-state index contributed by atoms with van der Waals surface area (Å²) in [5.41, 5.74) is 4.73. The molecule has 0 radical (unpaired) electrons. The van der Waals surface area contributed by atoms with E-state index in [2.05, 4.69) is 44.2 Å². The lowest BCUT2D eigenvalue weighted by atomic mass is 9.58. The molecule has 26 heavy (non-hydrogen) atoms. The number of allylic oxidation sites excluding steroid dienone is 1. The quantitative estimate of drug-likeness (QED) is 0.544. The van der Waals surface area contributed by atoms with E-state index >= 15 is 0 Å². The smallest absolute Gasteiger partial charge is 0.00578 e. The van der Waals surface area contributed by atoms with Crippen molar-refractivity contribution in [3.63, 3.8) is 0 Å². The van der Waals surface area contributed by atoms with Crippen molar-refractivity contribution < 1.29 is 0 Å². The molecule has 7 unspecified atom stereocenters. The molecule has 0 bridgehead atoms. The monoisotopic (exact) mass is 348 g/mol. The largest absolute Gasteiger partial charge is 0.0652 e. The molecule has 0 saturated heterocycles. The molecule has 0 amide bonds. The zero-order valence-corrected chi connectivity index (χ0v) is 16.8. The van der Waals surface area contributed by atoms with Gasteiger partial charge in [0.15, 0.2) is 0 Å². The van der Waals surface area contributed by atoms with E-state index < -0.39 is 0 Å². The third kappa shape index (κ3) is 2.88. The van der Waals surface area contributed by atoms with Gasteiger partial charge in [0.2, 0.25) is 0 Å². The summed E-state index contributed by atoms with van der Waals surface area (Å²) in [7, 11) is 0. The number of hydrogen-bond donors (Lipinski definition) is 0. The first-order chi connectivity index (χ1) is 12.7. The number of hydrogen-bond acceptors (Lipinski definition) is 0. The van der Waals surface area contributed by atoms with Crippen LogP contribution in [0, 0.1) is 41.4 Å². The second-order valence-corrected chi connectivity index (χ2v) is 10.2. The van der Waals surface area contributed by atoms with E-state index in [1.807, 2.05) is 0 Å². The summed E-state index contributed by atoms with van der Waals surface area (Å²) < 4.78 is 0. The van der Waals surface area contributed by atoms with Gasteiger partial charge in [-0.25, -0.2) is 0 Å². The van der Waals surface area contributed by atoms with Crippen LogP contribution in [-0.2, 0) is 6.42 Å². The lowest BCUT2D eigenvalue weighted by Gasteiger charge is -2.47. The second kappa shape index (κ2) is 6.84. The fraction of sp³-hybridized carbons (Fsp3) is 0.692. The summed E-state index contributed by atoms with van der Waals surface area (Å²) in [4.78, 5) is 0. The first-order valence-corrected chi connectivity index (χ1v) is 11.5. The Kier molecular flexibility index (Phi) is 4.50. The first-order valence-electron chi connectivity index (χ1n) is 11.5. The Balaban J connectivity index is 1.27. The highest BCUT2D eigenvalue weighted by Gasteiger charge is 2.50. The van der Waals surface area contributed by atoms with Gasteiger partial charge >= 0.3 is 0 Å². The van der Waals surface area contributed by atoms with Gasteiger partial charge in [0.25, 0.3) is 0 Å². The van der Waals surface area contributed by atoms with E-state index in [0.717, 1.165) is 41.4 Å². The van der Waals surface area contributed by atoms with Crippen LogP contribution in [0.4, 0.5) is 0 Å². The highest BCUT2D eigenvalue weighted by atomic mass is 14.6. The number of rotatable bonds is 3. The van der Waals surface area contributed by atoms with Crippen LogP contribution in [0.1, 0.15) is 76.3 Å². The molecule has 4 aliphatic rings. The van der Waals surface area contributed by atoms with Crippen LogP contribution >= 0.6 is 0 Å². The van der Waals surface area contributed by atoms with E-state index in [4.69, 9.17) is 0 Å². The lowest BCUT2D eigenvalue weighted by Crippen LogP contribution is -2.39. The van der Waals surface area contributed by atoms with Gasteiger partial charge < -0.3 is 0 Å². The van der Waals surface area contributed by atoms with Crippen molar-refractivity contribution in [2.75, 3.05) is 0 Å². The molecule has 0 heterocycles. The van der Waals surface area contributed by atoms with Crippen molar-refractivity contribution in [1.29, 1.82) is 0 Å². The van der Waals surface area contributed by atoms with E-state index in [0.29, 0.717) is 0 Å². The van der Waals surface area contributed by atoms with E-state index in [-0.39, 0.29) is 0 Å². The van der Waals surface area contributed by atoms with Gasteiger partial charge in [-0.3, -0.25) is 0 Å². The second-order valence-electron chi connectivity index (χ2n) is 10.2. The minimum Gasteiger partial charge on any atom is -0.0652 e. The summed E-state index contributed by atoms with van der Waals surface area (Å²) in [6.07, 6.45) is 15.7. The summed E-state index contributed by atoms with van der Waals surface area (Å²) in [5, 5.41) is 0. The third-order valence-electron chi connectivity index (χ3n) is 9.00. The average Bonchev–Trinajstić information content (AvgIpc) is 3.21. The van der Waals surface area contributed by atoms with Gasteiger partial charge in [0.1, 0.15) is 0 Å². The molecular formula is C26H36. The Labute approximate surface area is 160 Å². The van der Waals surface area contributed by atoms with Crippen molar-refractivity contribution in [3.05, 3.63) is 41.0 Å². The molecule has 3 saturated carbocycles. The molecule has 1 aromatic carbocycles. The van der Waals surface area contributed by atoms with Crippen molar-refractivity contribution in [2.45, 2.75) is 71.6 Å². The molecule has 0 N–H and O–H groups in total. The van der Waals surface area contributed by atoms with E-state index in [1.165, 1.54) is 44.1 Å². The van der Waals surface area contributed by atoms with Gasteiger partial charge in [0.05, 0.1) is 0 Å². The zero-order chi connectivity index (χ0) is 17.7. The number of fused-ring (bicyclic) bond motifs is 3. The number of benzene rings is 1. The summed E-state index contributed by atoms with van der Waals surface area (Å²) >= 11 is 0. The van der Waals surface area contributed by atoms with Crippen LogP contribution in [-0.4, -0.2) is 0 Å². The maximum absolute atomic E-state index is 2.63. The first kappa shape index (κ1) is 17.1. The van der Waals surface area contributed by atoms with E-state index in [1.54, 1.807) is 30.4 Å². The molecule has 1 aromatic rings. The molecule has 4 aliphatic carbocycles.